The summed E-state index contributed by atoms with van der Waals surface area (Å²) < 4.78 is 0. The first kappa shape index (κ1) is 9.56. The average Bonchev–Trinajstić information content (AvgIpc) is 2.03. The van der Waals surface area contributed by atoms with Gasteiger partial charge < -0.3 is 4.90 Å². The molecule has 1 saturated heterocycles. The third-order valence-electron chi connectivity index (χ3n) is 2.83. The second-order valence-corrected chi connectivity index (χ2v) is 4.81. The number of piperidine rings is 1. The molecule has 0 radical (unpaired) electrons. The maximum atomic E-state index is 10.6. The minimum Gasteiger partial charge on any atom is -0.345 e. The molecule has 0 aliphatic carbocycles. The molecule has 0 aromatic heterocycles. The molecule has 0 aromatic rings. The molecule has 1 rings (SSSR count). The second-order valence-electron chi connectivity index (χ2n) is 4.81. The van der Waals surface area contributed by atoms with Gasteiger partial charge in [0, 0.05) is 13.1 Å². The Hall–Kier alpha value is -0.530. The van der Waals surface area contributed by atoms with Crippen molar-refractivity contribution in [2.24, 2.45) is 11.3 Å². The maximum absolute atomic E-state index is 10.6. The fourth-order valence-corrected chi connectivity index (χ4v) is 1.81. The normalized spacial score (nSPS) is 25.6. The molecule has 1 aliphatic heterocycles. The van der Waals surface area contributed by atoms with Gasteiger partial charge >= 0.3 is 0 Å². The lowest BCUT2D eigenvalue weighted by Crippen LogP contribution is -2.39. The minimum atomic E-state index is 0.349. The van der Waals surface area contributed by atoms with E-state index in [1.165, 1.54) is 12.8 Å². The van der Waals surface area contributed by atoms with Gasteiger partial charge in [0.2, 0.25) is 6.41 Å². The van der Waals surface area contributed by atoms with Crippen LogP contribution in [0.2, 0.25) is 0 Å². The predicted molar refractivity (Wildman–Crippen MR) is 49.8 cm³/mol. The van der Waals surface area contributed by atoms with Crippen molar-refractivity contribution < 1.29 is 4.79 Å². The number of amides is 1. The number of hydrogen-bond donors (Lipinski definition) is 0. The van der Waals surface area contributed by atoms with E-state index in [1.54, 1.807) is 0 Å². The Kier molecular flexibility index (Phi) is 2.76. The molecule has 0 N–H and O–H groups in total. The van der Waals surface area contributed by atoms with Gasteiger partial charge in [0.05, 0.1) is 0 Å². The third-order valence-corrected chi connectivity index (χ3v) is 2.83. The topological polar surface area (TPSA) is 20.3 Å². The first-order chi connectivity index (χ1) is 5.54. The quantitative estimate of drug-likeness (QED) is 0.549. The molecule has 0 bridgehead atoms. The van der Waals surface area contributed by atoms with Crippen LogP contribution in [0, 0.1) is 11.3 Å². The van der Waals surface area contributed by atoms with Crippen LogP contribution in [-0.4, -0.2) is 24.4 Å². The molecule has 0 spiro atoms. The Morgan fingerprint density at radius 3 is 2.58 bits per heavy atom. The molecular weight excluding hydrogens is 150 g/mol. The lowest BCUT2D eigenvalue weighted by atomic mass is 9.76. The van der Waals surface area contributed by atoms with Gasteiger partial charge in [-0.15, -0.1) is 0 Å². The van der Waals surface area contributed by atoms with Crippen LogP contribution >= 0.6 is 0 Å². The smallest absolute Gasteiger partial charge is 0.209 e. The molecule has 0 saturated carbocycles. The van der Waals surface area contributed by atoms with Crippen LogP contribution in [-0.2, 0) is 4.79 Å². The molecule has 2 heteroatoms. The van der Waals surface area contributed by atoms with Crippen molar-refractivity contribution >= 4 is 6.41 Å². The Balaban J connectivity index is 2.51. The summed E-state index contributed by atoms with van der Waals surface area (Å²) in [6.07, 6.45) is 3.42. The number of nitrogens with zero attached hydrogens (tertiary/aromatic N) is 1. The number of likely N-dealkylation sites (tertiary alicyclic amines) is 1. The molecule has 12 heavy (non-hydrogen) atoms. The molecule has 1 fully saturated rings. The van der Waals surface area contributed by atoms with Crippen molar-refractivity contribution in [1.29, 1.82) is 0 Å². The van der Waals surface area contributed by atoms with Crippen LogP contribution in [0.3, 0.4) is 0 Å². The van der Waals surface area contributed by atoms with Gasteiger partial charge in [-0.25, -0.2) is 0 Å². The summed E-state index contributed by atoms with van der Waals surface area (Å²) in [5.74, 6) is 0.677. The molecule has 2 nitrogen and oxygen atoms in total. The average molecular weight is 169 g/mol. The first-order valence-corrected chi connectivity index (χ1v) is 4.73. The summed E-state index contributed by atoms with van der Waals surface area (Å²) in [4.78, 5) is 12.5. The minimum absolute atomic E-state index is 0.349. The highest BCUT2D eigenvalue weighted by atomic mass is 16.1. The lowest BCUT2D eigenvalue weighted by Gasteiger charge is -2.38. The van der Waals surface area contributed by atoms with E-state index >= 15 is 0 Å². The zero-order chi connectivity index (χ0) is 9.19. The van der Waals surface area contributed by atoms with E-state index in [2.05, 4.69) is 20.8 Å². The van der Waals surface area contributed by atoms with Crippen molar-refractivity contribution in [3.05, 3.63) is 0 Å². The highest BCUT2D eigenvalue weighted by molar-refractivity contribution is 5.47. The van der Waals surface area contributed by atoms with Crippen LogP contribution < -0.4 is 0 Å². The molecule has 0 aromatic carbocycles. The predicted octanol–water partition coefficient (Wildman–Crippen LogP) is 1.90. The van der Waals surface area contributed by atoms with E-state index in [0.29, 0.717) is 11.3 Å². The van der Waals surface area contributed by atoms with Crippen molar-refractivity contribution in [3.63, 3.8) is 0 Å². The van der Waals surface area contributed by atoms with Crippen molar-refractivity contribution in [2.75, 3.05) is 13.1 Å². The molecule has 1 atom stereocenters. The number of rotatable bonds is 1. The van der Waals surface area contributed by atoms with Gasteiger partial charge in [-0.05, 0) is 24.2 Å². The second kappa shape index (κ2) is 3.46. The highest BCUT2D eigenvalue weighted by Crippen LogP contribution is 2.32. The molecule has 1 amide bonds. The van der Waals surface area contributed by atoms with E-state index in [0.717, 1.165) is 19.5 Å². The van der Waals surface area contributed by atoms with Crippen molar-refractivity contribution in [3.8, 4) is 0 Å². The number of carbonyl (C=O) groups excluding carboxylic acids is 1. The Labute approximate surface area is 74.9 Å². The monoisotopic (exact) mass is 169 g/mol. The van der Waals surface area contributed by atoms with E-state index in [-0.39, 0.29) is 0 Å². The summed E-state index contributed by atoms with van der Waals surface area (Å²) in [6, 6.07) is 0. The van der Waals surface area contributed by atoms with Gasteiger partial charge in [-0.3, -0.25) is 4.79 Å². The van der Waals surface area contributed by atoms with Gasteiger partial charge in [0.15, 0.2) is 0 Å². The number of hydrogen-bond acceptors (Lipinski definition) is 1. The summed E-state index contributed by atoms with van der Waals surface area (Å²) in [7, 11) is 0. The largest absolute Gasteiger partial charge is 0.345 e. The Bertz CT molecular complexity index is 160. The zero-order valence-corrected chi connectivity index (χ0v) is 8.34. The maximum Gasteiger partial charge on any atom is 0.209 e. The van der Waals surface area contributed by atoms with E-state index in [4.69, 9.17) is 0 Å². The van der Waals surface area contributed by atoms with Crippen LogP contribution in [0.15, 0.2) is 0 Å². The highest BCUT2D eigenvalue weighted by Gasteiger charge is 2.28. The summed E-state index contributed by atoms with van der Waals surface area (Å²) in [5.41, 5.74) is 0.349. The van der Waals surface area contributed by atoms with Crippen molar-refractivity contribution in [2.45, 2.75) is 33.6 Å². The van der Waals surface area contributed by atoms with E-state index in [9.17, 15) is 4.79 Å². The molecule has 1 aliphatic rings. The molecular formula is C10H19NO. The fraction of sp³-hybridized carbons (Fsp3) is 0.900. The summed E-state index contributed by atoms with van der Waals surface area (Å²) in [6.45, 7) is 8.67. The number of carbonyl (C=O) groups is 1. The Morgan fingerprint density at radius 1 is 1.42 bits per heavy atom. The molecule has 1 unspecified atom stereocenters. The Morgan fingerprint density at radius 2 is 2.08 bits per heavy atom. The van der Waals surface area contributed by atoms with E-state index < -0.39 is 0 Å². The van der Waals surface area contributed by atoms with Gasteiger partial charge in [0.1, 0.15) is 0 Å². The summed E-state index contributed by atoms with van der Waals surface area (Å²) in [5, 5.41) is 0. The van der Waals surface area contributed by atoms with Crippen LogP contribution in [0.4, 0.5) is 0 Å². The lowest BCUT2D eigenvalue weighted by molar-refractivity contribution is -0.120. The van der Waals surface area contributed by atoms with Crippen LogP contribution in [0.5, 0.6) is 0 Å². The third kappa shape index (κ3) is 2.23. The van der Waals surface area contributed by atoms with Gasteiger partial charge in [-0.2, -0.15) is 0 Å². The zero-order valence-electron chi connectivity index (χ0n) is 8.34. The standard InChI is InChI=1S/C10H19NO/c1-10(2,3)9-5-4-6-11(7-9)8-12/h8-9H,4-7H2,1-3H3. The van der Waals surface area contributed by atoms with Crippen molar-refractivity contribution in [1.82, 2.24) is 4.90 Å². The van der Waals surface area contributed by atoms with Gasteiger partial charge in [-0.1, -0.05) is 20.8 Å². The fourth-order valence-electron chi connectivity index (χ4n) is 1.81. The summed E-state index contributed by atoms with van der Waals surface area (Å²) >= 11 is 0. The van der Waals surface area contributed by atoms with Crippen LogP contribution in [0.1, 0.15) is 33.6 Å². The van der Waals surface area contributed by atoms with Crippen LogP contribution in [0.25, 0.3) is 0 Å². The first-order valence-electron chi connectivity index (χ1n) is 4.73. The SMILES string of the molecule is CC(C)(C)C1CCCN(C=O)C1. The van der Waals surface area contributed by atoms with Gasteiger partial charge in [0.25, 0.3) is 0 Å². The molecule has 1 heterocycles. The van der Waals surface area contributed by atoms with E-state index in [1.807, 2.05) is 4.90 Å². The molecule has 70 valence electrons.